The Morgan fingerprint density at radius 3 is 2.90 bits per heavy atom. The van der Waals surface area contributed by atoms with Crippen LogP contribution in [-0.4, -0.2) is 29.0 Å². The molecule has 0 aromatic carbocycles. The summed E-state index contributed by atoms with van der Waals surface area (Å²) in [6.45, 7) is 2.27. The molecule has 1 amide bonds. The van der Waals surface area contributed by atoms with Gasteiger partial charge in [-0.25, -0.2) is 9.97 Å². The number of amides is 1. The van der Waals surface area contributed by atoms with E-state index in [-0.39, 0.29) is 5.91 Å². The molecule has 1 aliphatic heterocycles. The lowest BCUT2D eigenvalue weighted by Crippen LogP contribution is -2.32. The molecule has 110 valence electrons. The number of furan rings is 1. The third-order valence-electron chi connectivity index (χ3n) is 3.52. The van der Waals surface area contributed by atoms with Crippen LogP contribution in [0.5, 0.6) is 0 Å². The van der Waals surface area contributed by atoms with Crippen LogP contribution in [0.2, 0.25) is 0 Å². The first-order chi connectivity index (χ1) is 10.3. The number of nitrogens with zero attached hydrogens (tertiary/aromatic N) is 3. The predicted octanol–water partition coefficient (Wildman–Crippen LogP) is 1.99. The average molecular weight is 286 g/mol. The first-order valence-electron chi connectivity index (χ1n) is 7.21. The van der Waals surface area contributed by atoms with Gasteiger partial charge < -0.3 is 14.6 Å². The quantitative estimate of drug-likeness (QED) is 0.930. The maximum Gasteiger partial charge on any atom is 0.270 e. The second-order valence-corrected chi connectivity index (χ2v) is 5.05. The fourth-order valence-corrected chi connectivity index (χ4v) is 2.39. The molecule has 1 fully saturated rings. The van der Waals surface area contributed by atoms with Gasteiger partial charge in [-0.15, -0.1) is 0 Å². The molecule has 1 saturated heterocycles. The molecule has 0 bridgehead atoms. The Morgan fingerprint density at radius 2 is 2.14 bits per heavy atom. The number of piperidine rings is 1. The van der Waals surface area contributed by atoms with E-state index < -0.39 is 0 Å². The van der Waals surface area contributed by atoms with Crippen molar-refractivity contribution in [3.8, 4) is 0 Å². The van der Waals surface area contributed by atoms with Gasteiger partial charge in [-0.05, 0) is 37.5 Å². The third kappa shape index (κ3) is 3.39. The highest BCUT2D eigenvalue weighted by Crippen LogP contribution is 2.15. The van der Waals surface area contributed by atoms with E-state index in [0.717, 1.165) is 25.9 Å². The number of carbonyl (C=O) groups is 1. The fourth-order valence-electron chi connectivity index (χ4n) is 2.39. The summed E-state index contributed by atoms with van der Waals surface area (Å²) in [5, 5.41) is 2.79. The maximum atomic E-state index is 12.1. The van der Waals surface area contributed by atoms with Crippen molar-refractivity contribution in [1.29, 1.82) is 0 Å². The van der Waals surface area contributed by atoms with Crippen molar-refractivity contribution < 1.29 is 9.21 Å². The first kappa shape index (κ1) is 13.6. The molecule has 6 heteroatoms. The molecule has 0 unspecified atom stereocenters. The topological polar surface area (TPSA) is 71.3 Å². The lowest BCUT2D eigenvalue weighted by molar-refractivity contribution is 0.0943. The number of rotatable bonds is 4. The van der Waals surface area contributed by atoms with E-state index in [1.54, 1.807) is 24.6 Å². The lowest BCUT2D eigenvalue weighted by Gasteiger charge is -2.26. The van der Waals surface area contributed by atoms with Gasteiger partial charge in [-0.1, -0.05) is 0 Å². The number of carbonyl (C=O) groups excluding carboxylic acids is 1. The molecule has 3 heterocycles. The van der Waals surface area contributed by atoms with E-state index in [2.05, 4.69) is 20.2 Å². The third-order valence-corrected chi connectivity index (χ3v) is 3.52. The second-order valence-electron chi connectivity index (χ2n) is 5.05. The van der Waals surface area contributed by atoms with E-state index >= 15 is 0 Å². The monoisotopic (exact) mass is 286 g/mol. The van der Waals surface area contributed by atoms with Crippen LogP contribution < -0.4 is 10.2 Å². The molecule has 0 aliphatic carbocycles. The maximum absolute atomic E-state index is 12.1. The molecule has 6 nitrogen and oxygen atoms in total. The van der Waals surface area contributed by atoms with E-state index in [1.165, 1.54) is 6.42 Å². The zero-order valence-corrected chi connectivity index (χ0v) is 11.8. The minimum atomic E-state index is -0.216. The van der Waals surface area contributed by atoms with E-state index in [0.29, 0.717) is 23.9 Å². The first-order valence-corrected chi connectivity index (χ1v) is 7.21. The van der Waals surface area contributed by atoms with Crippen LogP contribution in [0.25, 0.3) is 0 Å². The summed E-state index contributed by atoms with van der Waals surface area (Å²) in [4.78, 5) is 22.9. The summed E-state index contributed by atoms with van der Waals surface area (Å²) in [5.74, 6) is 1.14. The Balaban J connectivity index is 1.65. The number of hydrogen-bond donors (Lipinski definition) is 1. The summed E-state index contributed by atoms with van der Waals surface area (Å²) in [7, 11) is 0. The molecule has 0 atom stereocenters. The van der Waals surface area contributed by atoms with Gasteiger partial charge in [0.2, 0.25) is 5.95 Å². The Kier molecular flexibility index (Phi) is 4.14. The molecule has 2 aromatic heterocycles. The van der Waals surface area contributed by atoms with Crippen molar-refractivity contribution in [3.05, 3.63) is 42.1 Å². The minimum Gasteiger partial charge on any atom is -0.467 e. The summed E-state index contributed by atoms with van der Waals surface area (Å²) >= 11 is 0. The summed E-state index contributed by atoms with van der Waals surface area (Å²) in [6, 6.07) is 5.24. The molecule has 0 radical (unpaired) electrons. The van der Waals surface area contributed by atoms with E-state index in [9.17, 15) is 4.79 Å². The van der Waals surface area contributed by atoms with Crippen molar-refractivity contribution in [2.45, 2.75) is 25.8 Å². The van der Waals surface area contributed by atoms with Gasteiger partial charge in [0, 0.05) is 19.3 Å². The van der Waals surface area contributed by atoms with Crippen LogP contribution in [0.4, 0.5) is 5.95 Å². The molecular formula is C15H18N4O2. The molecular weight excluding hydrogens is 268 g/mol. The van der Waals surface area contributed by atoms with Gasteiger partial charge in [-0.2, -0.15) is 0 Å². The zero-order chi connectivity index (χ0) is 14.5. The van der Waals surface area contributed by atoms with Gasteiger partial charge in [0.15, 0.2) is 0 Å². The molecule has 0 saturated carbocycles. The summed E-state index contributed by atoms with van der Waals surface area (Å²) in [5.41, 5.74) is 0.386. The van der Waals surface area contributed by atoms with Crippen LogP contribution in [0.15, 0.2) is 35.1 Å². The summed E-state index contributed by atoms with van der Waals surface area (Å²) in [6.07, 6.45) is 6.77. The Hall–Kier alpha value is -2.37. The highest BCUT2D eigenvalue weighted by atomic mass is 16.3. The number of nitrogens with one attached hydrogen (secondary N) is 1. The Bertz CT molecular complexity index is 591. The van der Waals surface area contributed by atoms with Crippen LogP contribution in [-0.2, 0) is 6.54 Å². The number of aromatic nitrogens is 2. The van der Waals surface area contributed by atoms with Gasteiger partial charge >= 0.3 is 0 Å². The summed E-state index contributed by atoms with van der Waals surface area (Å²) < 4.78 is 5.18. The normalized spacial score (nSPS) is 15.0. The van der Waals surface area contributed by atoms with Crippen LogP contribution in [0.1, 0.15) is 35.5 Å². The fraction of sp³-hybridized carbons (Fsp3) is 0.400. The second kappa shape index (κ2) is 6.39. The molecule has 1 aliphatic rings. The van der Waals surface area contributed by atoms with E-state index in [1.807, 2.05) is 6.07 Å². The largest absolute Gasteiger partial charge is 0.467 e. The average Bonchev–Trinajstić information content (AvgIpc) is 3.07. The molecule has 1 N–H and O–H groups in total. The molecule has 3 rings (SSSR count). The molecule has 21 heavy (non-hydrogen) atoms. The van der Waals surface area contributed by atoms with Crippen molar-refractivity contribution in [2.24, 2.45) is 0 Å². The lowest BCUT2D eigenvalue weighted by atomic mass is 10.1. The number of anilines is 1. The molecule has 0 spiro atoms. The number of hydrogen-bond acceptors (Lipinski definition) is 5. The van der Waals surface area contributed by atoms with Crippen molar-refractivity contribution in [2.75, 3.05) is 18.0 Å². The van der Waals surface area contributed by atoms with Crippen molar-refractivity contribution in [1.82, 2.24) is 15.3 Å². The van der Waals surface area contributed by atoms with Crippen molar-refractivity contribution in [3.63, 3.8) is 0 Å². The van der Waals surface area contributed by atoms with Gasteiger partial charge in [0.1, 0.15) is 11.5 Å². The van der Waals surface area contributed by atoms with Crippen molar-refractivity contribution >= 4 is 11.9 Å². The Labute approximate surface area is 123 Å². The van der Waals surface area contributed by atoms with Crippen LogP contribution >= 0.6 is 0 Å². The van der Waals surface area contributed by atoms with E-state index in [4.69, 9.17) is 4.42 Å². The Morgan fingerprint density at radius 1 is 1.29 bits per heavy atom. The molecule has 2 aromatic rings. The minimum absolute atomic E-state index is 0.216. The van der Waals surface area contributed by atoms with Gasteiger partial charge in [0.05, 0.1) is 12.8 Å². The van der Waals surface area contributed by atoms with Gasteiger partial charge in [-0.3, -0.25) is 4.79 Å². The smallest absolute Gasteiger partial charge is 0.270 e. The van der Waals surface area contributed by atoms with Gasteiger partial charge in [0.25, 0.3) is 5.91 Å². The zero-order valence-electron chi connectivity index (χ0n) is 11.8. The highest BCUT2D eigenvalue weighted by Gasteiger charge is 2.15. The van der Waals surface area contributed by atoms with Crippen LogP contribution in [0.3, 0.4) is 0 Å². The SMILES string of the molecule is O=C(NCc1ccco1)c1ccnc(N2CCCCC2)n1. The predicted molar refractivity (Wildman–Crippen MR) is 78.0 cm³/mol. The standard InChI is InChI=1S/C15H18N4O2/c20-14(17-11-12-5-4-10-21-12)13-6-7-16-15(18-13)19-8-2-1-3-9-19/h4-7,10H,1-3,8-9,11H2,(H,17,20). The van der Waals surface area contributed by atoms with Crippen LogP contribution in [0, 0.1) is 0 Å². The highest BCUT2D eigenvalue weighted by molar-refractivity contribution is 5.92.